The second-order valence-electron chi connectivity index (χ2n) is 6.83. The van der Waals surface area contributed by atoms with Crippen LogP contribution in [-0.4, -0.2) is 61.2 Å². The molecule has 30 heavy (non-hydrogen) atoms. The molecule has 1 aliphatic heterocycles. The quantitative estimate of drug-likeness (QED) is 0.490. The zero-order valence-electron chi connectivity index (χ0n) is 16.6. The fraction of sp³-hybridized carbons (Fsp3) is 0.350. The Morgan fingerprint density at radius 2 is 1.80 bits per heavy atom. The zero-order valence-corrected chi connectivity index (χ0v) is 17.4. The molecule has 0 radical (unpaired) electrons. The van der Waals surface area contributed by atoms with Crippen molar-refractivity contribution in [1.29, 1.82) is 0 Å². The highest BCUT2D eigenvalue weighted by Crippen LogP contribution is 2.23. The molecule has 0 N–H and O–H groups in total. The van der Waals surface area contributed by atoms with Crippen molar-refractivity contribution in [3.05, 3.63) is 64.2 Å². The first-order chi connectivity index (χ1) is 14.3. The van der Waals surface area contributed by atoms with Crippen LogP contribution >= 0.6 is 0 Å². The van der Waals surface area contributed by atoms with Crippen molar-refractivity contribution in [3.63, 3.8) is 0 Å². The lowest BCUT2D eigenvalue weighted by Crippen LogP contribution is -2.50. The maximum Gasteiger partial charge on any atom is 0.270 e. The number of hydrogen-bond donors (Lipinski definition) is 0. The molecule has 0 unspecified atom stereocenters. The van der Waals surface area contributed by atoms with Crippen molar-refractivity contribution in [3.8, 4) is 5.75 Å². The van der Waals surface area contributed by atoms with Gasteiger partial charge >= 0.3 is 0 Å². The molecule has 0 saturated carbocycles. The predicted molar refractivity (Wildman–Crippen MR) is 110 cm³/mol. The second-order valence-corrected chi connectivity index (χ2v) is 8.76. The lowest BCUT2D eigenvalue weighted by Gasteiger charge is -2.34. The molecule has 0 aromatic heterocycles. The Hall–Kier alpha value is -2.98. The highest BCUT2D eigenvalue weighted by Gasteiger charge is 2.31. The molecule has 1 amide bonds. The summed E-state index contributed by atoms with van der Waals surface area (Å²) in [6.07, 6.45) is 0.860. The largest absolute Gasteiger partial charge is 0.494 e. The number of amides is 1. The van der Waals surface area contributed by atoms with E-state index in [1.54, 1.807) is 29.2 Å². The molecule has 9 nitrogen and oxygen atoms in total. The molecule has 0 aliphatic carbocycles. The fourth-order valence-corrected chi connectivity index (χ4v) is 4.62. The number of benzene rings is 2. The van der Waals surface area contributed by atoms with E-state index in [-0.39, 0.29) is 42.7 Å². The average molecular weight is 433 g/mol. The molecule has 2 aromatic carbocycles. The van der Waals surface area contributed by atoms with Crippen LogP contribution in [0.25, 0.3) is 0 Å². The van der Waals surface area contributed by atoms with E-state index in [9.17, 15) is 23.3 Å². The topological polar surface area (TPSA) is 110 Å². The van der Waals surface area contributed by atoms with E-state index in [4.69, 9.17) is 4.74 Å². The van der Waals surface area contributed by atoms with Gasteiger partial charge in [-0.3, -0.25) is 14.9 Å². The molecule has 0 atom stereocenters. The number of nitrogens with zero attached hydrogens (tertiary/aromatic N) is 3. The zero-order chi connectivity index (χ0) is 21.7. The van der Waals surface area contributed by atoms with Gasteiger partial charge in [0.2, 0.25) is 10.0 Å². The van der Waals surface area contributed by atoms with Crippen molar-refractivity contribution in [2.24, 2.45) is 0 Å². The van der Waals surface area contributed by atoms with Crippen LogP contribution < -0.4 is 4.74 Å². The molecule has 1 heterocycles. The summed E-state index contributed by atoms with van der Waals surface area (Å²) in [7, 11) is -3.88. The van der Waals surface area contributed by atoms with Gasteiger partial charge in [0.05, 0.1) is 16.4 Å². The third-order valence-electron chi connectivity index (χ3n) is 4.75. The molecule has 160 valence electrons. The maximum atomic E-state index is 12.8. The number of sulfonamides is 1. The van der Waals surface area contributed by atoms with Crippen LogP contribution in [0.1, 0.15) is 23.7 Å². The maximum absolute atomic E-state index is 12.8. The van der Waals surface area contributed by atoms with Gasteiger partial charge in [-0.05, 0) is 30.7 Å². The van der Waals surface area contributed by atoms with E-state index < -0.39 is 14.9 Å². The normalized spacial score (nSPS) is 15.0. The minimum absolute atomic E-state index is 0.114. The summed E-state index contributed by atoms with van der Waals surface area (Å²) in [5.41, 5.74) is 0.202. The van der Waals surface area contributed by atoms with Crippen LogP contribution in [0.15, 0.2) is 53.4 Å². The average Bonchev–Trinajstić information content (AvgIpc) is 2.77. The Labute approximate surface area is 175 Å². The Morgan fingerprint density at radius 1 is 1.10 bits per heavy atom. The SMILES string of the molecule is CCCOc1cccc(C(=O)N2CCN(S(=O)(=O)c3cccc([N+](=O)[O-])c3)CC2)c1. The van der Waals surface area contributed by atoms with Gasteiger partial charge in [0.1, 0.15) is 5.75 Å². The van der Waals surface area contributed by atoms with Crippen LogP contribution in [0.2, 0.25) is 0 Å². The van der Waals surface area contributed by atoms with Gasteiger partial charge in [-0.15, -0.1) is 0 Å². The molecule has 10 heteroatoms. The standard InChI is InChI=1S/C20H23N3O6S/c1-2-13-29-18-7-3-5-16(14-18)20(24)21-9-11-22(12-10-21)30(27,28)19-8-4-6-17(15-19)23(25)26/h3-8,14-15H,2,9-13H2,1H3. The van der Waals surface area contributed by atoms with Gasteiger partial charge < -0.3 is 9.64 Å². The van der Waals surface area contributed by atoms with Crippen molar-refractivity contribution in [2.75, 3.05) is 32.8 Å². The minimum Gasteiger partial charge on any atom is -0.494 e. The van der Waals surface area contributed by atoms with Crippen LogP contribution in [0.4, 0.5) is 5.69 Å². The molecular formula is C20H23N3O6S. The van der Waals surface area contributed by atoms with E-state index in [2.05, 4.69) is 0 Å². The molecule has 1 fully saturated rings. The molecule has 1 aliphatic rings. The summed E-state index contributed by atoms with van der Waals surface area (Å²) in [4.78, 5) is 24.6. The van der Waals surface area contributed by atoms with E-state index in [0.717, 1.165) is 12.5 Å². The molecule has 3 rings (SSSR count). The van der Waals surface area contributed by atoms with Gasteiger partial charge in [-0.25, -0.2) is 8.42 Å². The predicted octanol–water partition coefficient (Wildman–Crippen LogP) is 2.53. The lowest BCUT2D eigenvalue weighted by molar-refractivity contribution is -0.385. The summed E-state index contributed by atoms with van der Waals surface area (Å²) in [5.74, 6) is 0.430. The summed E-state index contributed by atoms with van der Waals surface area (Å²) in [6, 6.07) is 11.9. The molecular weight excluding hydrogens is 410 g/mol. The highest BCUT2D eigenvalue weighted by molar-refractivity contribution is 7.89. The number of ether oxygens (including phenoxy) is 1. The third-order valence-corrected chi connectivity index (χ3v) is 6.64. The first-order valence-electron chi connectivity index (χ1n) is 9.59. The third kappa shape index (κ3) is 4.77. The monoisotopic (exact) mass is 433 g/mol. The Balaban J connectivity index is 1.67. The fourth-order valence-electron chi connectivity index (χ4n) is 3.16. The molecule has 0 spiro atoms. The first kappa shape index (κ1) is 21.7. The van der Waals surface area contributed by atoms with Crippen LogP contribution in [0.3, 0.4) is 0 Å². The number of nitro groups is 1. The Kier molecular flexibility index (Phi) is 6.68. The summed E-state index contributed by atoms with van der Waals surface area (Å²) >= 11 is 0. The Bertz CT molecular complexity index is 1030. The van der Waals surface area contributed by atoms with E-state index in [1.807, 2.05) is 6.92 Å². The van der Waals surface area contributed by atoms with Crippen molar-refractivity contribution >= 4 is 21.6 Å². The summed E-state index contributed by atoms with van der Waals surface area (Å²) in [6.45, 7) is 3.24. The smallest absolute Gasteiger partial charge is 0.270 e. The number of non-ortho nitro benzene ring substituents is 1. The summed E-state index contributed by atoms with van der Waals surface area (Å²) < 4.78 is 32.5. The lowest BCUT2D eigenvalue weighted by atomic mass is 10.1. The van der Waals surface area contributed by atoms with Gasteiger partial charge in [-0.2, -0.15) is 4.31 Å². The van der Waals surface area contributed by atoms with E-state index in [1.165, 1.54) is 22.5 Å². The van der Waals surface area contributed by atoms with Gasteiger partial charge in [0.15, 0.2) is 0 Å². The second kappa shape index (κ2) is 9.23. The van der Waals surface area contributed by atoms with Gasteiger partial charge in [-0.1, -0.05) is 19.1 Å². The number of carbonyl (C=O) groups excluding carboxylic acids is 1. The molecule has 0 bridgehead atoms. The number of nitro benzene ring substituents is 1. The van der Waals surface area contributed by atoms with Crippen LogP contribution in [0.5, 0.6) is 5.75 Å². The van der Waals surface area contributed by atoms with Gasteiger partial charge in [0.25, 0.3) is 11.6 Å². The number of carbonyl (C=O) groups is 1. The van der Waals surface area contributed by atoms with Crippen LogP contribution in [-0.2, 0) is 10.0 Å². The number of hydrogen-bond acceptors (Lipinski definition) is 6. The molecule has 1 saturated heterocycles. The molecule has 2 aromatic rings. The van der Waals surface area contributed by atoms with Crippen molar-refractivity contribution < 1.29 is 22.9 Å². The summed E-state index contributed by atoms with van der Waals surface area (Å²) in [5, 5.41) is 10.9. The number of rotatable bonds is 7. The van der Waals surface area contributed by atoms with Gasteiger partial charge in [0, 0.05) is 43.9 Å². The first-order valence-corrected chi connectivity index (χ1v) is 11.0. The minimum atomic E-state index is -3.88. The van der Waals surface area contributed by atoms with E-state index >= 15 is 0 Å². The highest BCUT2D eigenvalue weighted by atomic mass is 32.2. The van der Waals surface area contributed by atoms with Crippen molar-refractivity contribution in [2.45, 2.75) is 18.2 Å². The number of piperazine rings is 1. The van der Waals surface area contributed by atoms with Crippen LogP contribution in [0, 0.1) is 10.1 Å². The Morgan fingerprint density at radius 3 is 2.47 bits per heavy atom. The van der Waals surface area contributed by atoms with Crippen molar-refractivity contribution in [1.82, 2.24) is 9.21 Å². The van der Waals surface area contributed by atoms with E-state index in [0.29, 0.717) is 17.9 Å².